The van der Waals surface area contributed by atoms with Gasteiger partial charge in [0.2, 0.25) is 11.8 Å². The van der Waals surface area contributed by atoms with Crippen LogP contribution in [-0.2, 0) is 14.6 Å². The highest BCUT2D eigenvalue weighted by Crippen LogP contribution is 2.37. The lowest BCUT2D eigenvalue weighted by Gasteiger charge is -2.22. The highest BCUT2D eigenvalue weighted by Gasteiger charge is 2.34. The topological polar surface area (TPSA) is 80.5 Å². The molecular formula is C21H28N2O4S. The lowest BCUT2D eigenvalue weighted by molar-refractivity contribution is -0.132. The van der Waals surface area contributed by atoms with Gasteiger partial charge in [-0.25, -0.2) is 13.4 Å². The van der Waals surface area contributed by atoms with E-state index in [2.05, 4.69) is 13.8 Å². The van der Waals surface area contributed by atoms with Gasteiger partial charge in [0, 0.05) is 30.7 Å². The lowest BCUT2D eigenvalue weighted by atomic mass is 10.0. The maximum Gasteiger partial charge on any atom is 0.223 e. The smallest absolute Gasteiger partial charge is 0.223 e. The van der Waals surface area contributed by atoms with E-state index in [0.717, 1.165) is 29.9 Å². The van der Waals surface area contributed by atoms with Crippen LogP contribution in [-0.4, -0.2) is 42.8 Å². The third-order valence-electron chi connectivity index (χ3n) is 5.01. The number of carbonyl (C=O) groups is 1. The molecule has 0 N–H and O–H groups in total. The first-order valence-corrected chi connectivity index (χ1v) is 11.9. The summed E-state index contributed by atoms with van der Waals surface area (Å²) >= 11 is 0. The highest BCUT2D eigenvalue weighted by atomic mass is 32.2. The Labute approximate surface area is 166 Å². The summed E-state index contributed by atoms with van der Waals surface area (Å²) in [4.78, 5) is 19.3. The minimum atomic E-state index is -3.05. The Kier molecular flexibility index (Phi) is 6.23. The predicted octanol–water partition coefficient (Wildman–Crippen LogP) is 3.95. The molecule has 1 aliphatic heterocycles. The van der Waals surface area contributed by atoms with Crippen LogP contribution in [0.25, 0.3) is 11.3 Å². The Morgan fingerprint density at radius 1 is 1.29 bits per heavy atom. The van der Waals surface area contributed by atoms with Crippen molar-refractivity contribution in [1.82, 2.24) is 9.88 Å². The number of benzene rings is 1. The van der Waals surface area contributed by atoms with Crippen molar-refractivity contribution in [1.29, 1.82) is 0 Å². The van der Waals surface area contributed by atoms with Crippen LogP contribution in [0.4, 0.5) is 0 Å². The molecule has 2 heterocycles. The van der Waals surface area contributed by atoms with E-state index in [1.54, 1.807) is 4.90 Å². The normalized spacial score (nSPS) is 17.4. The molecule has 0 saturated carbocycles. The number of hydrogen-bond acceptors (Lipinski definition) is 5. The molecule has 6 nitrogen and oxygen atoms in total. The van der Waals surface area contributed by atoms with Gasteiger partial charge in [-0.3, -0.25) is 4.79 Å². The molecule has 1 amide bonds. The molecule has 1 fully saturated rings. The number of amides is 1. The predicted molar refractivity (Wildman–Crippen MR) is 109 cm³/mol. The fourth-order valence-corrected chi connectivity index (χ4v) is 4.31. The zero-order valence-corrected chi connectivity index (χ0v) is 17.5. The summed E-state index contributed by atoms with van der Waals surface area (Å²) in [6, 6.07) is 9.75. The van der Waals surface area contributed by atoms with Crippen molar-refractivity contribution in [2.24, 2.45) is 0 Å². The van der Waals surface area contributed by atoms with Crippen LogP contribution in [0.1, 0.15) is 63.1 Å². The molecule has 3 rings (SSSR count). The van der Waals surface area contributed by atoms with Gasteiger partial charge in [0.25, 0.3) is 0 Å². The fourth-order valence-electron chi connectivity index (χ4n) is 3.64. The lowest BCUT2D eigenvalue weighted by Crippen LogP contribution is -2.30. The van der Waals surface area contributed by atoms with Crippen LogP contribution in [0.3, 0.4) is 0 Å². The minimum absolute atomic E-state index is 0.0308. The molecule has 1 unspecified atom stereocenters. The van der Waals surface area contributed by atoms with Crippen molar-refractivity contribution in [2.45, 2.75) is 51.5 Å². The Balaban J connectivity index is 1.81. The standard InChI is InChI=1S/C21H28N2O4S/c1-15(2)20-19(16-9-5-4-6-10-16)22-21(27-20)17-11-7-13-23(17)18(24)12-8-14-28(3,25)26/h4-6,9-10,15,17H,7-8,11-14H2,1-3H3. The average Bonchev–Trinajstić information content (AvgIpc) is 3.28. The number of hydrogen-bond donors (Lipinski definition) is 0. The average molecular weight is 405 g/mol. The molecule has 0 radical (unpaired) electrons. The van der Waals surface area contributed by atoms with Gasteiger partial charge in [0.05, 0.1) is 5.75 Å². The third-order valence-corrected chi connectivity index (χ3v) is 6.04. The Hall–Kier alpha value is -2.15. The van der Waals surface area contributed by atoms with Gasteiger partial charge in [-0.2, -0.15) is 0 Å². The van der Waals surface area contributed by atoms with Crippen molar-refractivity contribution in [3.05, 3.63) is 42.0 Å². The monoisotopic (exact) mass is 404 g/mol. The first kappa shape index (κ1) is 20.6. The summed E-state index contributed by atoms with van der Waals surface area (Å²) in [6.07, 6.45) is 3.47. The summed E-state index contributed by atoms with van der Waals surface area (Å²) in [6.45, 7) is 4.79. The number of sulfone groups is 1. The Bertz CT molecular complexity index is 919. The summed E-state index contributed by atoms with van der Waals surface area (Å²) in [7, 11) is -3.05. The van der Waals surface area contributed by atoms with Crippen molar-refractivity contribution in [2.75, 3.05) is 18.6 Å². The summed E-state index contributed by atoms with van der Waals surface area (Å²) in [5.41, 5.74) is 1.84. The van der Waals surface area contributed by atoms with Gasteiger partial charge in [0.15, 0.2) is 0 Å². The molecule has 1 aromatic heterocycles. The van der Waals surface area contributed by atoms with Crippen LogP contribution in [0.2, 0.25) is 0 Å². The first-order chi connectivity index (χ1) is 13.3. The van der Waals surface area contributed by atoms with Gasteiger partial charge in [0.1, 0.15) is 27.3 Å². The molecule has 152 valence electrons. The number of aromatic nitrogens is 1. The molecule has 0 aliphatic carbocycles. The molecule has 1 atom stereocenters. The summed E-state index contributed by atoms with van der Waals surface area (Å²) in [5.74, 6) is 1.59. The summed E-state index contributed by atoms with van der Waals surface area (Å²) < 4.78 is 28.8. The van der Waals surface area contributed by atoms with Crippen molar-refractivity contribution in [3.63, 3.8) is 0 Å². The van der Waals surface area contributed by atoms with Crippen LogP contribution < -0.4 is 0 Å². The Morgan fingerprint density at radius 2 is 2.00 bits per heavy atom. The van der Waals surface area contributed by atoms with E-state index in [-0.39, 0.29) is 30.0 Å². The third kappa shape index (κ3) is 4.82. The number of carbonyl (C=O) groups excluding carboxylic acids is 1. The van der Waals surface area contributed by atoms with Gasteiger partial charge >= 0.3 is 0 Å². The van der Waals surface area contributed by atoms with Gasteiger partial charge in [-0.15, -0.1) is 0 Å². The molecule has 0 spiro atoms. The maximum absolute atomic E-state index is 12.7. The Morgan fingerprint density at radius 3 is 2.64 bits per heavy atom. The van der Waals surface area contributed by atoms with Crippen LogP contribution >= 0.6 is 0 Å². The van der Waals surface area contributed by atoms with E-state index in [4.69, 9.17) is 9.40 Å². The number of nitrogens with zero attached hydrogens (tertiary/aromatic N) is 2. The van der Waals surface area contributed by atoms with E-state index in [1.165, 1.54) is 6.26 Å². The number of likely N-dealkylation sites (tertiary alicyclic amines) is 1. The summed E-state index contributed by atoms with van der Waals surface area (Å²) in [5, 5.41) is 0. The van der Waals surface area contributed by atoms with E-state index in [0.29, 0.717) is 18.9 Å². The highest BCUT2D eigenvalue weighted by molar-refractivity contribution is 7.90. The molecular weight excluding hydrogens is 376 g/mol. The molecule has 0 bridgehead atoms. The quantitative estimate of drug-likeness (QED) is 0.698. The van der Waals surface area contributed by atoms with Gasteiger partial charge in [-0.1, -0.05) is 44.2 Å². The molecule has 28 heavy (non-hydrogen) atoms. The number of oxazole rings is 1. The minimum Gasteiger partial charge on any atom is -0.442 e. The van der Waals surface area contributed by atoms with E-state index in [1.807, 2.05) is 30.3 Å². The molecule has 7 heteroatoms. The van der Waals surface area contributed by atoms with Crippen molar-refractivity contribution < 1.29 is 17.6 Å². The van der Waals surface area contributed by atoms with E-state index >= 15 is 0 Å². The van der Waals surface area contributed by atoms with Crippen LogP contribution in [0, 0.1) is 0 Å². The van der Waals surface area contributed by atoms with Crippen LogP contribution in [0.15, 0.2) is 34.7 Å². The van der Waals surface area contributed by atoms with E-state index in [9.17, 15) is 13.2 Å². The van der Waals surface area contributed by atoms with Gasteiger partial charge < -0.3 is 9.32 Å². The maximum atomic E-state index is 12.7. The second kappa shape index (κ2) is 8.47. The molecule has 1 aromatic carbocycles. The molecule has 1 saturated heterocycles. The fraction of sp³-hybridized carbons (Fsp3) is 0.524. The SMILES string of the molecule is CC(C)c1oc(C2CCCN2C(=O)CCCS(C)(=O)=O)nc1-c1ccccc1. The molecule has 2 aromatic rings. The largest absolute Gasteiger partial charge is 0.442 e. The van der Waals surface area contributed by atoms with Crippen molar-refractivity contribution in [3.8, 4) is 11.3 Å². The second-order valence-electron chi connectivity index (χ2n) is 7.76. The molecule has 1 aliphatic rings. The first-order valence-electron chi connectivity index (χ1n) is 9.79. The van der Waals surface area contributed by atoms with Crippen molar-refractivity contribution >= 4 is 15.7 Å². The zero-order valence-electron chi connectivity index (χ0n) is 16.7. The van der Waals surface area contributed by atoms with Gasteiger partial charge in [-0.05, 0) is 19.3 Å². The number of rotatable bonds is 7. The van der Waals surface area contributed by atoms with Crippen LogP contribution in [0.5, 0.6) is 0 Å². The second-order valence-corrected chi connectivity index (χ2v) is 10.0. The van der Waals surface area contributed by atoms with E-state index < -0.39 is 9.84 Å². The zero-order chi connectivity index (χ0) is 20.3.